The number of nitrogen functional groups attached to an aromatic ring is 1. The van der Waals surface area contributed by atoms with E-state index in [9.17, 15) is 0 Å². The number of aromatic nitrogens is 4. The van der Waals surface area contributed by atoms with Gasteiger partial charge < -0.3 is 15.8 Å². The Morgan fingerprint density at radius 1 is 1.27 bits per heavy atom. The highest BCUT2D eigenvalue weighted by Crippen LogP contribution is 2.33. The van der Waals surface area contributed by atoms with Gasteiger partial charge in [-0.25, -0.2) is 14.6 Å². The van der Waals surface area contributed by atoms with Gasteiger partial charge in [0.15, 0.2) is 5.65 Å². The zero-order valence-corrected chi connectivity index (χ0v) is 15.3. The van der Waals surface area contributed by atoms with E-state index >= 15 is 0 Å². The number of hydrogen-bond acceptors (Lipinski definition) is 5. The fraction of sp³-hybridized carbons (Fsp3) is 0.421. The van der Waals surface area contributed by atoms with E-state index in [1.165, 1.54) is 32.3 Å². The first-order valence-electron chi connectivity index (χ1n) is 9.11. The zero-order valence-electron chi connectivity index (χ0n) is 15.3. The number of nitrogens with two attached hydrogens (primary N) is 2. The Morgan fingerprint density at radius 3 is 2.81 bits per heavy atom. The first kappa shape index (κ1) is 16.8. The molecule has 7 nitrogen and oxygen atoms in total. The summed E-state index contributed by atoms with van der Waals surface area (Å²) < 4.78 is 7.39. The van der Waals surface area contributed by atoms with E-state index in [0.29, 0.717) is 11.7 Å². The predicted molar refractivity (Wildman–Crippen MR) is 101 cm³/mol. The summed E-state index contributed by atoms with van der Waals surface area (Å²) in [5.74, 6) is 1.96. The third-order valence-corrected chi connectivity index (χ3v) is 5.22. The van der Waals surface area contributed by atoms with Crippen molar-refractivity contribution < 1.29 is 10.1 Å². The summed E-state index contributed by atoms with van der Waals surface area (Å²) in [5.41, 5.74) is 9.92. The monoisotopic (exact) mass is 353 g/mol. The van der Waals surface area contributed by atoms with Crippen molar-refractivity contribution in [2.75, 3.05) is 25.9 Å². The Bertz CT molecular complexity index is 929. The predicted octanol–water partition coefficient (Wildman–Crippen LogP) is 1.37. The van der Waals surface area contributed by atoms with Crippen molar-refractivity contribution in [3.63, 3.8) is 0 Å². The molecule has 3 aromatic rings. The van der Waals surface area contributed by atoms with Crippen molar-refractivity contribution in [1.29, 1.82) is 0 Å². The minimum Gasteiger partial charge on any atom is -0.496 e. The summed E-state index contributed by atoms with van der Waals surface area (Å²) in [6.45, 7) is 5.27. The van der Waals surface area contributed by atoms with Crippen molar-refractivity contribution >= 4 is 16.9 Å². The fourth-order valence-corrected chi connectivity index (χ4v) is 3.81. The number of rotatable bonds is 4. The smallest absolute Gasteiger partial charge is 0.163 e. The number of nitrogens with zero attached hydrogens (tertiary/aromatic N) is 4. The molecule has 0 saturated carbocycles. The summed E-state index contributed by atoms with van der Waals surface area (Å²) in [6, 6.07) is 6.05. The lowest BCUT2D eigenvalue weighted by atomic mass is 9.98. The molecule has 0 bridgehead atoms. The van der Waals surface area contributed by atoms with Gasteiger partial charge in [0.1, 0.15) is 23.6 Å². The average Bonchev–Trinajstić information content (AvgIpc) is 3.02. The SMILES string of the molecule is COc1ccc(-c2nn(CC3CC[NH2+]CC3)c3ncnc(N)c23)cc1C. The molecular weight excluding hydrogens is 328 g/mol. The van der Waals surface area contributed by atoms with Crippen molar-refractivity contribution in [3.05, 3.63) is 30.1 Å². The molecule has 4 N–H and O–H groups in total. The minimum atomic E-state index is 0.474. The molecule has 7 heteroatoms. The van der Waals surface area contributed by atoms with E-state index in [1.807, 2.05) is 23.7 Å². The highest BCUT2D eigenvalue weighted by atomic mass is 16.5. The molecule has 1 saturated heterocycles. The van der Waals surface area contributed by atoms with Gasteiger partial charge in [0.25, 0.3) is 0 Å². The van der Waals surface area contributed by atoms with Gasteiger partial charge in [-0.05, 0) is 36.6 Å². The van der Waals surface area contributed by atoms with Gasteiger partial charge in [0.2, 0.25) is 0 Å². The molecule has 0 spiro atoms. The largest absolute Gasteiger partial charge is 0.496 e. The van der Waals surface area contributed by atoms with Crippen LogP contribution in [0.2, 0.25) is 0 Å². The first-order chi connectivity index (χ1) is 12.7. The average molecular weight is 353 g/mol. The Balaban J connectivity index is 1.80. The van der Waals surface area contributed by atoms with Crippen LogP contribution in [0.15, 0.2) is 24.5 Å². The Labute approximate surface area is 152 Å². The molecule has 0 aliphatic carbocycles. The molecule has 1 fully saturated rings. The number of ether oxygens (including phenoxy) is 1. The molecule has 0 amide bonds. The number of benzene rings is 1. The fourth-order valence-electron chi connectivity index (χ4n) is 3.81. The lowest BCUT2D eigenvalue weighted by Gasteiger charge is -2.20. The van der Waals surface area contributed by atoms with Crippen molar-refractivity contribution in [3.8, 4) is 17.0 Å². The van der Waals surface area contributed by atoms with Crippen LogP contribution in [0.4, 0.5) is 5.82 Å². The number of hydrogen-bond donors (Lipinski definition) is 2. The van der Waals surface area contributed by atoms with Crippen LogP contribution in [0, 0.1) is 12.8 Å². The maximum Gasteiger partial charge on any atom is 0.163 e. The summed E-state index contributed by atoms with van der Waals surface area (Å²) in [4.78, 5) is 8.68. The van der Waals surface area contributed by atoms with E-state index in [2.05, 4.69) is 21.4 Å². The van der Waals surface area contributed by atoms with Gasteiger partial charge in [-0.3, -0.25) is 0 Å². The molecule has 1 aromatic carbocycles. The van der Waals surface area contributed by atoms with Gasteiger partial charge in [-0.15, -0.1) is 0 Å². The second kappa shape index (κ2) is 6.92. The van der Waals surface area contributed by atoms with Gasteiger partial charge >= 0.3 is 0 Å². The van der Waals surface area contributed by atoms with Crippen LogP contribution in [0.25, 0.3) is 22.3 Å². The lowest BCUT2D eigenvalue weighted by Crippen LogP contribution is -2.86. The number of methoxy groups -OCH3 is 1. The van der Waals surface area contributed by atoms with Crippen LogP contribution in [-0.4, -0.2) is 39.9 Å². The van der Waals surface area contributed by atoms with Gasteiger partial charge in [0.05, 0.1) is 25.6 Å². The van der Waals surface area contributed by atoms with Gasteiger partial charge in [-0.2, -0.15) is 5.10 Å². The lowest BCUT2D eigenvalue weighted by molar-refractivity contribution is -0.665. The Morgan fingerprint density at radius 2 is 2.08 bits per heavy atom. The van der Waals surface area contributed by atoms with Crippen LogP contribution >= 0.6 is 0 Å². The number of fused-ring (bicyclic) bond motifs is 1. The molecule has 136 valence electrons. The third-order valence-electron chi connectivity index (χ3n) is 5.22. The molecule has 3 heterocycles. The molecule has 2 aromatic heterocycles. The molecular formula is C19H25N6O+. The van der Waals surface area contributed by atoms with Crippen molar-refractivity contribution in [1.82, 2.24) is 19.7 Å². The molecule has 26 heavy (non-hydrogen) atoms. The molecule has 0 radical (unpaired) electrons. The summed E-state index contributed by atoms with van der Waals surface area (Å²) in [6.07, 6.45) is 3.94. The first-order valence-corrected chi connectivity index (χ1v) is 9.11. The molecule has 1 aliphatic heterocycles. The summed E-state index contributed by atoms with van der Waals surface area (Å²) in [7, 11) is 1.68. The highest BCUT2D eigenvalue weighted by Gasteiger charge is 2.22. The Hall–Kier alpha value is -2.67. The van der Waals surface area contributed by atoms with Crippen LogP contribution in [0.3, 0.4) is 0 Å². The van der Waals surface area contributed by atoms with E-state index in [4.69, 9.17) is 15.6 Å². The van der Waals surface area contributed by atoms with Crippen LogP contribution in [0.5, 0.6) is 5.75 Å². The van der Waals surface area contributed by atoms with Crippen LogP contribution < -0.4 is 15.8 Å². The second-order valence-corrected chi connectivity index (χ2v) is 6.98. The van der Waals surface area contributed by atoms with Gasteiger partial charge in [0, 0.05) is 24.9 Å². The maximum atomic E-state index is 6.20. The molecule has 1 aliphatic rings. The quantitative estimate of drug-likeness (QED) is 0.738. The molecule has 0 atom stereocenters. The molecule has 0 unspecified atom stereocenters. The van der Waals surface area contributed by atoms with E-state index in [-0.39, 0.29) is 0 Å². The number of quaternary nitrogens is 1. The van der Waals surface area contributed by atoms with Gasteiger partial charge in [-0.1, -0.05) is 0 Å². The zero-order chi connectivity index (χ0) is 18.1. The van der Waals surface area contributed by atoms with E-state index < -0.39 is 0 Å². The van der Waals surface area contributed by atoms with Crippen molar-refractivity contribution in [2.24, 2.45) is 5.92 Å². The minimum absolute atomic E-state index is 0.474. The topological polar surface area (TPSA) is 95.5 Å². The van der Waals surface area contributed by atoms with Crippen molar-refractivity contribution in [2.45, 2.75) is 26.3 Å². The third kappa shape index (κ3) is 2.99. The maximum absolute atomic E-state index is 6.20. The molecule has 4 rings (SSSR count). The number of aryl methyl sites for hydroxylation is 1. The normalized spacial score (nSPS) is 15.5. The number of piperidine rings is 1. The van der Waals surface area contributed by atoms with E-state index in [0.717, 1.165) is 40.1 Å². The summed E-state index contributed by atoms with van der Waals surface area (Å²) >= 11 is 0. The highest BCUT2D eigenvalue weighted by molar-refractivity contribution is 5.98. The standard InChI is InChI=1S/C19H24N6O/c1-12-9-14(3-4-15(12)26-2)17-16-18(20)22-11-23-19(16)25(24-17)10-13-5-7-21-8-6-13/h3-4,9,11,13,21H,5-8,10H2,1-2H3,(H2,20,22,23)/p+1. The van der Waals surface area contributed by atoms with Crippen LogP contribution in [-0.2, 0) is 6.54 Å². The van der Waals surface area contributed by atoms with E-state index in [1.54, 1.807) is 7.11 Å². The second-order valence-electron chi connectivity index (χ2n) is 6.98. The van der Waals surface area contributed by atoms with Crippen LogP contribution in [0.1, 0.15) is 18.4 Å². The number of anilines is 1. The Kier molecular flexibility index (Phi) is 4.46. The summed E-state index contributed by atoms with van der Waals surface area (Å²) in [5, 5.41) is 8.11.